The molecule has 0 unspecified atom stereocenters. The van der Waals surface area contributed by atoms with E-state index >= 15 is 0 Å². The van der Waals surface area contributed by atoms with Crippen molar-refractivity contribution in [2.45, 2.75) is 17.3 Å². The Hall–Kier alpha value is -2.89. The highest BCUT2D eigenvalue weighted by atomic mass is 32.2. The average Bonchev–Trinajstić information content (AvgIpc) is 3.13. The molecule has 0 bridgehead atoms. The third-order valence-corrected chi connectivity index (χ3v) is 3.76. The number of thioether (sulfide) groups is 1. The third-order valence-electron chi connectivity index (χ3n) is 2.94. The lowest BCUT2D eigenvalue weighted by Gasteiger charge is -2.13. The van der Waals surface area contributed by atoms with Crippen molar-refractivity contribution in [2.24, 2.45) is 0 Å². The van der Waals surface area contributed by atoms with Gasteiger partial charge >= 0.3 is 5.69 Å². The second-order valence-corrected chi connectivity index (χ2v) is 5.45. The minimum absolute atomic E-state index is 0.0906. The molecule has 1 aromatic carbocycles. The molecule has 2 heterocycles. The van der Waals surface area contributed by atoms with E-state index in [0.717, 1.165) is 4.68 Å². The van der Waals surface area contributed by atoms with Crippen LogP contribution >= 0.6 is 11.8 Å². The molecule has 0 spiro atoms. The molecule has 126 valence electrons. The first-order valence-corrected chi connectivity index (χ1v) is 7.38. The molecule has 24 heavy (non-hydrogen) atoms. The highest BCUT2D eigenvalue weighted by molar-refractivity contribution is 7.99. The Labute approximate surface area is 136 Å². The van der Waals surface area contributed by atoms with Gasteiger partial charge in [-0.05, 0) is 22.6 Å². The zero-order chi connectivity index (χ0) is 17.1. The van der Waals surface area contributed by atoms with E-state index in [1.807, 2.05) is 0 Å². The normalized spacial score (nSPS) is 11.1. The van der Waals surface area contributed by atoms with Crippen LogP contribution in [0.1, 0.15) is 5.56 Å². The van der Waals surface area contributed by atoms with Crippen LogP contribution in [-0.2, 0) is 6.61 Å². The summed E-state index contributed by atoms with van der Waals surface area (Å²) in [5.41, 5.74) is -0.0517. The number of nitrogens with one attached hydrogen (secondary N) is 1. The van der Waals surface area contributed by atoms with Crippen LogP contribution in [0.2, 0.25) is 0 Å². The summed E-state index contributed by atoms with van der Waals surface area (Å²) in [5.74, 6) is -2.56. The van der Waals surface area contributed by atoms with Gasteiger partial charge in [0.1, 0.15) is 6.61 Å². The number of aromatic amines is 1. The molecule has 12 heteroatoms. The molecule has 0 saturated carbocycles. The van der Waals surface area contributed by atoms with Gasteiger partial charge in [-0.25, -0.2) is 9.89 Å². The summed E-state index contributed by atoms with van der Waals surface area (Å²) in [6, 6.07) is 5.93. The molecule has 0 aliphatic rings. The first-order valence-electron chi connectivity index (χ1n) is 6.50. The minimum atomic E-state index is -2.65. The number of alkyl halides is 2. The first-order chi connectivity index (χ1) is 11.5. The molecule has 0 radical (unpaired) electrons. The van der Waals surface area contributed by atoms with Crippen LogP contribution in [0.5, 0.6) is 5.88 Å². The van der Waals surface area contributed by atoms with E-state index < -0.39 is 11.4 Å². The highest BCUT2D eigenvalue weighted by Gasteiger charge is 2.17. The number of aromatic nitrogens is 6. The van der Waals surface area contributed by atoms with Crippen molar-refractivity contribution in [3.05, 3.63) is 46.5 Å². The quantitative estimate of drug-likeness (QED) is 0.505. The van der Waals surface area contributed by atoms with Crippen LogP contribution in [0, 0.1) is 0 Å². The van der Waals surface area contributed by atoms with Crippen LogP contribution in [0.4, 0.5) is 8.78 Å². The number of benzene rings is 1. The van der Waals surface area contributed by atoms with Gasteiger partial charge in [-0.2, -0.15) is 13.5 Å². The van der Waals surface area contributed by atoms with Crippen molar-refractivity contribution >= 4 is 11.8 Å². The van der Waals surface area contributed by atoms with E-state index in [4.69, 9.17) is 9.94 Å². The van der Waals surface area contributed by atoms with Crippen molar-refractivity contribution in [3.63, 3.8) is 0 Å². The highest BCUT2D eigenvalue weighted by Crippen LogP contribution is 2.32. The van der Waals surface area contributed by atoms with Crippen LogP contribution < -0.4 is 10.4 Å². The molecular weight excluding hydrogens is 346 g/mol. The number of halogens is 2. The van der Waals surface area contributed by atoms with Gasteiger partial charge in [-0.15, -0.1) is 4.85 Å². The average molecular weight is 356 g/mol. The van der Waals surface area contributed by atoms with Gasteiger partial charge in [-0.1, -0.05) is 22.9 Å². The predicted octanol–water partition coefficient (Wildman–Crippen LogP) is 1.28. The van der Waals surface area contributed by atoms with Crippen LogP contribution in [0.25, 0.3) is 5.69 Å². The van der Waals surface area contributed by atoms with Crippen molar-refractivity contribution in [2.75, 3.05) is 0 Å². The largest absolute Gasteiger partial charge is 0.472 e. The van der Waals surface area contributed by atoms with Crippen LogP contribution in [-0.4, -0.2) is 41.1 Å². The second kappa shape index (κ2) is 6.70. The molecule has 0 amide bonds. The molecule has 2 aromatic heterocycles. The Morgan fingerprint density at radius 3 is 2.83 bits per heavy atom. The summed E-state index contributed by atoms with van der Waals surface area (Å²) in [7, 11) is 0. The number of hydrogen-bond acceptors (Lipinski definition) is 7. The summed E-state index contributed by atoms with van der Waals surface area (Å²) in [4.78, 5) is 12.5. The van der Waals surface area contributed by atoms with Crippen molar-refractivity contribution in [1.82, 2.24) is 30.2 Å². The molecule has 0 aliphatic carbocycles. The molecule has 0 saturated heterocycles. The Morgan fingerprint density at radius 1 is 1.38 bits per heavy atom. The van der Waals surface area contributed by atoms with E-state index in [1.54, 1.807) is 0 Å². The maximum absolute atomic E-state index is 12.8. The molecule has 0 fully saturated rings. The summed E-state index contributed by atoms with van der Waals surface area (Å²) in [5, 5.41) is 21.9. The smallest absolute Gasteiger partial charge is 0.365 e. The van der Waals surface area contributed by atoms with Crippen LogP contribution in [0.3, 0.4) is 0 Å². The summed E-state index contributed by atoms with van der Waals surface area (Å²) >= 11 is 0.321. The van der Waals surface area contributed by atoms with Gasteiger partial charge in [0.15, 0.2) is 0 Å². The van der Waals surface area contributed by atoms with E-state index in [-0.39, 0.29) is 23.1 Å². The Bertz CT molecular complexity index is 893. The molecule has 3 aromatic rings. The maximum Gasteiger partial charge on any atom is 0.365 e. The fourth-order valence-electron chi connectivity index (χ4n) is 1.98. The predicted molar refractivity (Wildman–Crippen MR) is 77.6 cm³/mol. The van der Waals surface area contributed by atoms with Crippen molar-refractivity contribution < 1.29 is 18.7 Å². The Morgan fingerprint density at radius 2 is 2.21 bits per heavy atom. The van der Waals surface area contributed by atoms with Crippen molar-refractivity contribution in [1.29, 1.82) is 0 Å². The second-order valence-electron chi connectivity index (χ2n) is 4.41. The Balaban J connectivity index is 1.99. The van der Waals surface area contributed by atoms with Gasteiger partial charge in [0.25, 0.3) is 5.76 Å². The summed E-state index contributed by atoms with van der Waals surface area (Å²) < 4.78 is 31.9. The first kappa shape index (κ1) is 16.0. The molecule has 2 N–H and O–H groups in total. The molecule has 0 aliphatic heterocycles. The summed E-state index contributed by atoms with van der Waals surface area (Å²) in [6.45, 7) is -0.165. The molecule has 0 atom stereocenters. The number of H-pyrrole nitrogens is 1. The number of ether oxygens (including phenoxy) is 1. The van der Waals surface area contributed by atoms with E-state index in [2.05, 4.69) is 20.6 Å². The maximum atomic E-state index is 12.8. The molecule has 3 rings (SSSR count). The number of rotatable bonds is 6. The standard InChI is InChI=1S/C12H10F2N6O3S/c13-11(14)24-9-3-1-2-8(20-12(21)15-17-18-20)7(9)6-23-10-4-5-19(22)16-10/h1-5,11,22H,6H2,(H,15,18,21). The van der Waals surface area contributed by atoms with Crippen LogP contribution in [0.15, 0.2) is 40.2 Å². The monoisotopic (exact) mass is 356 g/mol. The summed E-state index contributed by atoms with van der Waals surface area (Å²) in [6.07, 6.45) is 1.25. The zero-order valence-electron chi connectivity index (χ0n) is 11.8. The lowest BCUT2D eigenvalue weighted by Crippen LogP contribution is -2.18. The number of hydrogen-bond donors (Lipinski definition) is 2. The molecular formula is C12H10F2N6O3S. The fraction of sp³-hybridized carbons (Fsp3) is 0.167. The molecule has 9 nitrogen and oxygen atoms in total. The number of nitrogens with zero attached hydrogens (tertiary/aromatic N) is 5. The number of tetrazole rings is 1. The van der Waals surface area contributed by atoms with Gasteiger partial charge in [0, 0.05) is 16.5 Å². The lowest BCUT2D eigenvalue weighted by molar-refractivity contribution is 0.141. The SMILES string of the molecule is O=c1[nH]nnn1-c1cccc(SC(F)F)c1COc1ccn(O)n1. The van der Waals surface area contributed by atoms with Gasteiger partial charge < -0.3 is 9.94 Å². The Kier molecular flexibility index (Phi) is 4.46. The third kappa shape index (κ3) is 3.37. The van der Waals surface area contributed by atoms with E-state index in [0.29, 0.717) is 22.2 Å². The van der Waals surface area contributed by atoms with Gasteiger partial charge in [0.2, 0.25) is 5.88 Å². The lowest BCUT2D eigenvalue weighted by atomic mass is 10.2. The van der Waals surface area contributed by atoms with E-state index in [1.165, 1.54) is 30.5 Å². The van der Waals surface area contributed by atoms with Gasteiger partial charge in [0.05, 0.1) is 11.9 Å². The van der Waals surface area contributed by atoms with Gasteiger partial charge in [-0.3, -0.25) is 0 Å². The minimum Gasteiger partial charge on any atom is -0.472 e. The fourth-order valence-corrected chi connectivity index (χ4v) is 2.64. The van der Waals surface area contributed by atoms with Crippen molar-refractivity contribution in [3.8, 4) is 11.6 Å². The zero-order valence-corrected chi connectivity index (χ0v) is 12.7. The van der Waals surface area contributed by atoms with E-state index in [9.17, 15) is 13.6 Å². The topological polar surface area (TPSA) is 111 Å².